The smallest absolute Gasteiger partial charge is 0.199 e. The number of Topliss-reactive ketones (excluding diaryl/α,β-unsaturated/α-hetero) is 1. The summed E-state index contributed by atoms with van der Waals surface area (Å²) in [6, 6.07) is 21.9. The molecular formula is C22H15Cl3OS. The van der Waals surface area contributed by atoms with Gasteiger partial charge in [0, 0.05) is 26.4 Å². The predicted octanol–water partition coefficient (Wildman–Crippen LogP) is 7.80. The molecule has 0 heterocycles. The summed E-state index contributed by atoms with van der Waals surface area (Å²) in [5.74, 6) is 0.621. The maximum atomic E-state index is 13.0. The Morgan fingerprint density at radius 3 is 1.78 bits per heavy atom. The summed E-state index contributed by atoms with van der Waals surface area (Å²) in [5.41, 5.74) is 2.61. The molecule has 0 radical (unpaired) electrons. The van der Waals surface area contributed by atoms with Crippen molar-refractivity contribution in [3.05, 3.63) is 109 Å². The van der Waals surface area contributed by atoms with E-state index in [1.165, 1.54) is 11.8 Å². The first kappa shape index (κ1) is 20.0. The van der Waals surface area contributed by atoms with Crippen molar-refractivity contribution in [1.29, 1.82) is 0 Å². The molecule has 0 saturated heterocycles. The van der Waals surface area contributed by atoms with E-state index >= 15 is 0 Å². The number of carbonyl (C=O) groups excluding carboxylic acids is 1. The topological polar surface area (TPSA) is 17.1 Å². The van der Waals surface area contributed by atoms with E-state index in [1.807, 2.05) is 54.6 Å². The van der Waals surface area contributed by atoms with Gasteiger partial charge in [-0.2, -0.15) is 0 Å². The number of allylic oxidation sites excluding steroid dienone is 1. The van der Waals surface area contributed by atoms with Crippen LogP contribution in [0.5, 0.6) is 0 Å². The molecule has 0 N–H and O–H groups in total. The summed E-state index contributed by atoms with van der Waals surface area (Å²) >= 11 is 19.3. The first-order valence-corrected chi connectivity index (χ1v) is 10.3. The maximum Gasteiger partial charge on any atom is 0.199 e. The molecule has 3 aromatic rings. The van der Waals surface area contributed by atoms with Crippen molar-refractivity contribution in [2.45, 2.75) is 5.75 Å². The lowest BCUT2D eigenvalue weighted by atomic mass is 10.1. The second kappa shape index (κ2) is 9.48. The van der Waals surface area contributed by atoms with E-state index in [2.05, 4.69) is 0 Å². The van der Waals surface area contributed by atoms with Gasteiger partial charge >= 0.3 is 0 Å². The molecule has 136 valence electrons. The number of ketones is 1. The van der Waals surface area contributed by atoms with Crippen LogP contribution in [0.4, 0.5) is 0 Å². The fourth-order valence-electron chi connectivity index (χ4n) is 2.37. The van der Waals surface area contributed by atoms with Crippen LogP contribution in [0.15, 0.2) is 77.7 Å². The fourth-order valence-corrected chi connectivity index (χ4v) is 3.73. The monoisotopic (exact) mass is 432 g/mol. The van der Waals surface area contributed by atoms with E-state index < -0.39 is 0 Å². The maximum absolute atomic E-state index is 13.0. The number of thioether (sulfide) groups is 1. The molecule has 27 heavy (non-hydrogen) atoms. The Morgan fingerprint density at radius 2 is 1.22 bits per heavy atom. The van der Waals surface area contributed by atoms with Crippen molar-refractivity contribution in [1.82, 2.24) is 0 Å². The molecule has 3 aromatic carbocycles. The molecule has 0 atom stereocenters. The molecule has 0 aliphatic heterocycles. The summed E-state index contributed by atoms with van der Waals surface area (Å²) in [6.07, 6.45) is 1.88. The zero-order chi connectivity index (χ0) is 19.2. The van der Waals surface area contributed by atoms with Crippen molar-refractivity contribution < 1.29 is 4.79 Å². The largest absolute Gasteiger partial charge is 0.288 e. The van der Waals surface area contributed by atoms with E-state index in [-0.39, 0.29) is 5.78 Å². The molecule has 0 bridgehead atoms. The summed E-state index contributed by atoms with van der Waals surface area (Å²) in [6.45, 7) is 0. The van der Waals surface area contributed by atoms with Gasteiger partial charge in [-0.1, -0.05) is 59.1 Å². The van der Waals surface area contributed by atoms with Crippen molar-refractivity contribution in [3.8, 4) is 0 Å². The number of hydrogen-bond acceptors (Lipinski definition) is 2. The first-order valence-electron chi connectivity index (χ1n) is 8.16. The molecule has 0 amide bonds. The average Bonchev–Trinajstić information content (AvgIpc) is 2.68. The molecule has 0 aromatic heterocycles. The molecule has 0 aliphatic rings. The lowest BCUT2D eigenvalue weighted by Crippen LogP contribution is -2.01. The lowest BCUT2D eigenvalue weighted by Gasteiger charge is -2.08. The van der Waals surface area contributed by atoms with Gasteiger partial charge in [0.2, 0.25) is 0 Å². The quantitative estimate of drug-likeness (QED) is 0.291. The third-order valence-electron chi connectivity index (χ3n) is 3.81. The van der Waals surface area contributed by atoms with Crippen molar-refractivity contribution >= 4 is 58.4 Å². The highest BCUT2D eigenvalue weighted by Crippen LogP contribution is 2.28. The Kier molecular flexibility index (Phi) is 7.03. The van der Waals surface area contributed by atoms with Gasteiger partial charge in [-0.05, 0) is 65.7 Å². The van der Waals surface area contributed by atoms with Gasteiger partial charge in [-0.3, -0.25) is 4.79 Å². The Labute approximate surface area is 178 Å². The number of hydrogen-bond donors (Lipinski definition) is 0. The minimum absolute atomic E-state index is 0.0411. The summed E-state index contributed by atoms with van der Waals surface area (Å²) in [7, 11) is 0. The molecule has 0 unspecified atom stereocenters. The second-order valence-electron chi connectivity index (χ2n) is 5.81. The van der Waals surface area contributed by atoms with Crippen LogP contribution < -0.4 is 0 Å². The van der Waals surface area contributed by atoms with Crippen LogP contribution in [-0.4, -0.2) is 5.78 Å². The Morgan fingerprint density at radius 1 is 0.741 bits per heavy atom. The van der Waals surface area contributed by atoms with Gasteiger partial charge in [-0.15, -0.1) is 11.8 Å². The number of benzene rings is 3. The second-order valence-corrected chi connectivity index (χ2v) is 8.14. The SMILES string of the molecule is O=C(/C(=C\c1ccc(Cl)cc1)SCc1ccc(Cl)cc1)c1ccc(Cl)cc1. The Hall–Kier alpha value is -1.71. The van der Waals surface area contributed by atoms with Crippen LogP contribution in [-0.2, 0) is 5.75 Å². The molecule has 0 fully saturated rings. The van der Waals surface area contributed by atoms with Crippen molar-refractivity contribution in [3.63, 3.8) is 0 Å². The van der Waals surface area contributed by atoms with E-state index in [0.29, 0.717) is 31.3 Å². The van der Waals surface area contributed by atoms with Gasteiger partial charge in [0.05, 0.1) is 4.91 Å². The van der Waals surface area contributed by atoms with Crippen LogP contribution in [0.3, 0.4) is 0 Å². The number of rotatable bonds is 6. The van der Waals surface area contributed by atoms with Crippen LogP contribution in [0, 0.1) is 0 Å². The van der Waals surface area contributed by atoms with E-state index in [1.54, 1.807) is 24.3 Å². The van der Waals surface area contributed by atoms with Crippen LogP contribution in [0.1, 0.15) is 21.5 Å². The highest BCUT2D eigenvalue weighted by atomic mass is 35.5. The molecular weight excluding hydrogens is 419 g/mol. The Balaban J connectivity index is 1.87. The molecule has 0 spiro atoms. The third kappa shape index (κ3) is 5.88. The molecule has 1 nitrogen and oxygen atoms in total. The minimum Gasteiger partial charge on any atom is -0.288 e. The molecule has 0 saturated carbocycles. The fraction of sp³-hybridized carbons (Fsp3) is 0.0455. The van der Waals surface area contributed by atoms with Crippen LogP contribution in [0.2, 0.25) is 15.1 Å². The third-order valence-corrected chi connectivity index (χ3v) is 5.65. The van der Waals surface area contributed by atoms with Crippen molar-refractivity contribution in [2.75, 3.05) is 0 Å². The zero-order valence-electron chi connectivity index (χ0n) is 14.2. The van der Waals surface area contributed by atoms with E-state index in [0.717, 1.165) is 11.1 Å². The van der Waals surface area contributed by atoms with Gasteiger partial charge in [0.1, 0.15) is 0 Å². The van der Waals surface area contributed by atoms with Gasteiger partial charge in [0.25, 0.3) is 0 Å². The summed E-state index contributed by atoms with van der Waals surface area (Å²) in [5, 5.41) is 1.95. The highest BCUT2D eigenvalue weighted by Gasteiger charge is 2.14. The molecule has 0 aliphatic carbocycles. The normalized spacial score (nSPS) is 11.4. The summed E-state index contributed by atoms with van der Waals surface area (Å²) < 4.78 is 0. The van der Waals surface area contributed by atoms with Crippen LogP contribution >= 0.6 is 46.6 Å². The van der Waals surface area contributed by atoms with Gasteiger partial charge in [-0.25, -0.2) is 0 Å². The molecule has 3 rings (SSSR count). The predicted molar refractivity (Wildman–Crippen MR) is 118 cm³/mol. The molecule has 5 heteroatoms. The van der Waals surface area contributed by atoms with E-state index in [9.17, 15) is 4.79 Å². The van der Waals surface area contributed by atoms with E-state index in [4.69, 9.17) is 34.8 Å². The summed E-state index contributed by atoms with van der Waals surface area (Å²) in [4.78, 5) is 13.7. The number of halogens is 3. The average molecular weight is 434 g/mol. The van der Waals surface area contributed by atoms with Crippen molar-refractivity contribution in [2.24, 2.45) is 0 Å². The zero-order valence-corrected chi connectivity index (χ0v) is 17.2. The van der Waals surface area contributed by atoms with Gasteiger partial charge < -0.3 is 0 Å². The lowest BCUT2D eigenvalue weighted by molar-refractivity contribution is 0.104. The van der Waals surface area contributed by atoms with Crippen LogP contribution in [0.25, 0.3) is 6.08 Å². The Bertz CT molecular complexity index is 946. The standard InChI is InChI=1S/C22H15Cl3OS/c23-18-7-1-15(2-8-18)13-21(22(26)17-5-11-20(25)12-6-17)27-14-16-3-9-19(24)10-4-16/h1-13H,14H2/b21-13+. The first-order chi connectivity index (χ1) is 13.0. The highest BCUT2D eigenvalue weighted by molar-refractivity contribution is 8.03. The van der Waals surface area contributed by atoms with Gasteiger partial charge in [0.15, 0.2) is 5.78 Å². The minimum atomic E-state index is -0.0411. The number of carbonyl (C=O) groups is 1.